The molecule has 0 aliphatic carbocycles. The van der Waals surface area contributed by atoms with Gasteiger partial charge in [-0.3, -0.25) is 4.79 Å². The number of aromatic nitrogens is 1. The van der Waals surface area contributed by atoms with E-state index in [-0.39, 0.29) is 5.91 Å². The number of carbonyl (C=O) groups is 1. The van der Waals surface area contributed by atoms with Crippen molar-refractivity contribution >= 4 is 11.7 Å². The lowest BCUT2D eigenvalue weighted by atomic mass is 10.1. The SMILES string of the molecule is COc1ccc(NCC(=O)N2CCCCC2)nc1. The van der Waals surface area contributed by atoms with Crippen molar-refractivity contribution in [3.05, 3.63) is 18.3 Å². The monoisotopic (exact) mass is 249 g/mol. The number of piperidine rings is 1. The molecule has 5 nitrogen and oxygen atoms in total. The van der Waals surface area contributed by atoms with Crippen LogP contribution in [0.15, 0.2) is 18.3 Å². The quantitative estimate of drug-likeness (QED) is 0.879. The number of ether oxygens (including phenoxy) is 1. The van der Waals surface area contributed by atoms with E-state index < -0.39 is 0 Å². The van der Waals surface area contributed by atoms with E-state index >= 15 is 0 Å². The zero-order chi connectivity index (χ0) is 12.8. The van der Waals surface area contributed by atoms with Crippen LogP contribution in [-0.4, -0.2) is 42.5 Å². The molecule has 0 aromatic carbocycles. The number of hydrogen-bond donors (Lipinski definition) is 1. The number of anilines is 1. The van der Waals surface area contributed by atoms with Crippen molar-refractivity contribution < 1.29 is 9.53 Å². The maximum Gasteiger partial charge on any atom is 0.241 e. The van der Waals surface area contributed by atoms with E-state index in [1.165, 1.54) is 6.42 Å². The van der Waals surface area contributed by atoms with E-state index in [0.29, 0.717) is 18.1 Å². The number of carbonyl (C=O) groups excluding carboxylic acids is 1. The number of nitrogens with one attached hydrogen (secondary N) is 1. The van der Waals surface area contributed by atoms with Crippen LogP contribution in [0.2, 0.25) is 0 Å². The first-order valence-electron chi connectivity index (χ1n) is 6.31. The maximum absolute atomic E-state index is 11.9. The van der Waals surface area contributed by atoms with Gasteiger partial charge in [-0.1, -0.05) is 0 Å². The lowest BCUT2D eigenvalue weighted by Crippen LogP contribution is -2.39. The van der Waals surface area contributed by atoms with Crippen LogP contribution in [0.5, 0.6) is 5.75 Å². The van der Waals surface area contributed by atoms with Gasteiger partial charge in [0.1, 0.15) is 11.6 Å². The van der Waals surface area contributed by atoms with Gasteiger partial charge in [0, 0.05) is 13.1 Å². The van der Waals surface area contributed by atoms with Crippen LogP contribution in [0.3, 0.4) is 0 Å². The summed E-state index contributed by atoms with van der Waals surface area (Å²) in [7, 11) is 1.60. The summed E-state index contributed by atoms with van der Waals surface area (Å²) in [5.41, 5.74) is 0. The standard InChI is InChI=1S/C13H19N3O2/c1-18-11-5-6-12(14-9-11)15-10-13(17)16-7-3-2-4-8-16/h5-6,9H,2-4,7-8,10H2,1H3,(H,14,15). The smallest absolute Gasteiger partial charge is 0.241 e. The first-order chi connectivity index (χ1) is 8.79. The van der Waals surface area contributed by atoms with E-state index in [0.717, 1.165) is 25.9 Å². The molecule has 1 aromatic heterocycles. The third kappa shape index (κ3) is 3.35. The molecule has 5 heteroatoms. The normalized spacial score (nSPS) is 15.3. The summed E-state index contributed by atoms with van der Waals surface area (Å²) in [4.78, 5) is 18.0. The summed E-state index contributed by atoms with van der Waals surface area (Å²) in [6, 6.07) is 3.63. The van der Waals surface area contributed by atoms with Gasteiger partial charge in [0.2, 0.25) is 5.91 Å². The minimum atomic E-state index is 0.146. The number of pyridine rings is 1. The lowest BCUT2D eigenvalue weighted by molar-refractivity contribution is -0.130. The highest BCUT2D eigenvalue weighted by atomic mass is 16.5. The molecule has 2 heterocycles. The van der Waals surface area contributed by atoms with Crippen LogP contribution in [0.4, 0.5) is 5.82 Å². The minimum Gasteiger partial charge on any atom is -0.495 e. The van der Waals surface area contributed by atoms with Gasteiger partial charge in [0.15, 0.2) is 0 Å². The van der Waals surface area contributed by atoms with Gasteiger partial charge in [-0.05, 0) is 31.4 Å². The molecule has 0 bridgehead atoms. The van der Waals surface area contributed by atoms with Crippen molar-refractivity contribution in [3.8, 4) is 5.75 Å². The second kappa shape index (κ2) is 6.23. The van der Waals surface area contributed by atoms with Crippen molar-refractivity contribution in [1.82, 2.24) is 9.88 Å². The number of nitrogens with zero attached hydrogens (tertiary/aromatic N) is 2. The lowest BCUT2D eigenvalue weighted by Gasteiger charge is -2.26. The Kier molecular flexibility index (Phi) is 4.39. The molecule has 1 aromatic rings. The molecule has 98 valence electrons. The molecule has 1 N–H and O–H groups in total. The molecule has 2 rings (SSSR count). The topological polar surface area (TPSA) is 54.5 Å². The molecule has 1 saturated heterocycles. The summed E-state index contributed by atoms with van der Waals surface area (Å²) < 4.78 is 5.02. The third-order valence-corrected chi connectivity index (χ3v) is 3.10. The molecule has 0 unspecified atom stereocenters. The summed E-state index contributed by atoms with van der Waals surface area (Å²) >= 11 is 0. The largest absolute Gasteiger partial charge is 0.495 e. The fourth-order valence-corrected chi connectivity index (χ4v) is 2.03. The zero-order valence-corrected chi connectivity index (χ0v) is 10.7. The van der Waals surface area contributed by atoms with E-state index in [9.17, 15) is 4.79 Å². The highest BCUT2D eigenvalue weighted by Gasteiger charge is 2.15. The molecule has 1 amide bonds. The molecule has 0 radical (unpaired) electrons. The van der Waals surface area contributed by atoms with Gasteiger partial charge in [0.05, 0.1) is 19.9 Å². The average Bonchev–Trinajstić information content (AvgIpc) is 2.46. The molecule has 1 fully saturated rings. The summed E-state index contributed by atoms with van der Waals surface area (Å²) in [6.45, 7) is 2.08. The van der Waals surface area contributed by atoms with E-state index in [1.54, 1.807) is 13.3 Å². The van der Waals surface area contributed by atoms with Crippen LogP contribution in [0, 0.1) is 0 Å². The van der Waals surface area contributed by atoms with Crippen LogP contribution >= 0.6 is 0 Å². The Morgan fingerprint density at radius 2 is 2.17 bits per heavy atom. The van der Waals surface area contributed by atoms with Crippen molar-refractivity contribution in [1.29, 1.82) is 0 Å². The predicted octanol–water partition coefficient (Wildman–Crippen LogP) is 1.51. The molecule has 0 spiro atoms. The number of methoxy groups -OCH3 is 1. The summed E-state index contributed by atoms with van der Waals surface area (Å²) in [5.74, 6) is 1.55. The fourth-order valence-electron chi connectivity index (χ4n) is 2.03. The van der Waals surface area contributed by atoms with E-state index in [2.05, 4.69) is 10.3 Å². The Morgan fingerprint density at radius 3 is 2.78 bits per heavy atom. The number of likely N-dealkylation sites (tertiary alicyclic amines) is 1. The molecule has 0 atom stereocenters. The predicted molar refractivity (Wildman–Crippen MR) is 69.7 cm³/mol. The maximum atomic E-state index is 11.9. The van der Waals surface area contributed by atoms with Gasteiger partial charge in [0.25, 0.3) is 0 Å². The van der Waals surface area contributed by atoms with Crippen molar-refractivity contribution in [2.24, 2.45) is 0 Å². The first-order valence-corrected chi connectivity index (χ1v) is 6.31. The Labute approximate surface area is 107 Å². The van der Waals surface area contributed by atoms with Crippen LogP contribution in [-0.2, 0) is 4.79 Å². The number of amides is 1. The Bertz CT molecular complexity index is 386. The first kappa shape index (κ1) is 12.7. The molecular weight excluding hydrogens is 230 g/mol. The molecule has 1 aliphatic rings. The Balaban J connectivity index is 1.80. The summed E-state index contributed by atoms with van der Waals surface area (Å²) in [6.07, 6.45) is 5.10. The third-order valence-electron chi connectivity index (χ3n) is 3.10. The average molecular weight is 249 g/mol. The van der Waals surface area contributed by atoms with E-state index in [4.69, 9.17) is 4.74 Å². The molecule has 1 aliphatic heterocycles. The van der Waals surface area contributed by atoms with E-state index in [1.807, 2.05) is 17.0 Å². The van der Waals surface area contributed by atoms with Crippen molar-refractivity contribution in [3.63, 3.8) is 0 Å². The van der Waals surface area contributed by atoms with Gasteiger partial charge in [-0.2, -0.15) is 0 Å². The zero-order valence-electron chi connectivity index (χ0n) is 10.7. The van der Waals surface area contributed by atoms with Crippen molar-refractivity contribution in [2.75, 3.05) is 32.1 Å². The van der Waals surface area contributed by atoms with Crippen molar-refractivity contribution in [2.45, 2.75) is 19.3 Å². The van der Waals surface area contributed by atoms with Gasteiger partial charge < -0.3 is 15.0 Å². The summed E-state index contributed by atoms with van der Waals surface area (Å²) in [5, 5.41) is 3.04. The van der Waals surface area contributed by atoms with Gasteiger partial charge in [-0.15, -0.1) is 0 Å². The Hall–Kier alpha value is -1.78. The molecule has 18 heavy (non-hydrogen) atoms. The molecule has 0 saturated carbocycles. The second-order valence-corrected chi connectivity index (χ2v) is 4.38. The van der Waals surface area contributed by atoms with Crippen LogP contribution < -0.4 is 10.1 Å². The van der Waals surface area contributed by atoms with Gasteiger partial charge in [-0.25, -0.2) is 4.98 Å². The number of hydrogen-bond acceptors (Lipinski definition) is 4. The van der Waals surface area contributed by atoms with Crippen LogP contribution in [0.25, 0.3) is 0 Å². The fraction of sp³-hybridized carbons (Fsp3) is 0.538. The highest BCUT2D eigenvalue weighted by Crippen LogP contribution is 2.12. The minimum absolute atomic E-state index is 0.146. The number of rotatable bonds is 4. The highest BCUT2D eigenvalue weighted by molar-refractivity contribution is 5.80. The van der Waals surface area contributed by atoms with Crippen LogP contribution in [0.1, 0.15) is 19.3 Å². The Morgan fingerprint density at radius 1 is 1.39 bits per heavy atom. The van der Waals surface area contributed by atoms with Gasteiger partial charge >= 0.3 is 0 Å². The second-order valence-electron chi connectivity index (χ2n) is 4.38. The molecular formula is C13H19N3O2.